The van der Waals surface area contributed by atoms with Gasteiger partial charge in [0.05, 0.1) is 0 Å². The second kappa shape index (κ2) is 9.59. The Bertz CT molecular complexity index is 610. The lowest BCUT2D eigenvalue weighted by Gasteiger charge is -2.44. The van der Waals surface area contributed by atoms with Gasteiger partial charge in [0.15, 0.2) is 0 Å². The van der Waals surface area contributed by atoms with Gasteiger partial charge in [-0.05, 0) is 86.0 Å². The second-order valence-electron chi connectivity index (χ2n) is 10.8. The average Bonchev–Trinajstić information content (AvgIpc) is 2.99. The molecular weight excluding hydrogens is 356 g/mol. The average molecular weight is 401 g/mol. The van der Waals surface area contributed by atoms with Crippen molar-refractivity contribution in [3.63, 3.8) is 0 Å². The Morgan fingerprint density at radius 2 is 1.89 bits per heavy atom. The first-order valence-corrected chi connectivity index (χ1v) is 12.6. The smallest absolute Gasteiger partial charge is 0.00604 e. The quantitative estimate of drug-likeness (QED) is 0.424. The van der Waals surface area contributed by atoms with Crippen LogP contribution >= 0.6 is 12.6 Å². The Balaban J connectivity index is 1.70. The van der Waals surface area contributed by atoms with Crippen molar-refractivity contribution in [2.75, 3.05) is 0 Å². The van der Waals surface area contributed by atoms with Gasteiger partial charge in [0, 0.05) is 5.25 Å². The molecule has 3 saturated carbocycles. The minimum atomic E-state index is 0.523. The third-order valence-electron chi connectivity index (χ3n) is 8.35. The maximum Gasteiger partial charge on any atom is 0.00604 e. The zero-order chi connectivity index (χ0) is 20.3. The number of allylic oxidation sites excluding steroid dienone is 5. The van der Waals surface area contributed by atoms with Crippen molar-refractivity contribution in [2.45, 2.75) is 104 Å². The van der Waals surface area contributed by atoms with Crippen LogP contribution < -0.4 is 0 Å². The summed E-state index contributed by atoms with van der Waals surface area (Å²) in [5.41, 5.74) is 5.09. The lowest BCUT2D eigenvalue weighted by atomic mass is 9.60. The van der Waals surface area contributed by atoms with Crippen LogP contribution in [0.3, 0.4) is 0 Å². The molecule has 0 amide bonds. The van der Waals surface area contributed by atoms with Crippen LogP contribution in [0.25, 0.3) is 0 Å². The molecule has 0 nitrogen and oxygen atoms in total. The van der Waals surface area contributed by atoms with Crippen LogP contribution in [0.4, 0.5) is 0 Å². The van der Waals surface area contributed by atoms with E-state index in [1.54, 1.807) is 5.57 Å². The molecule has 158 valence electrons. The Labute approximate surface area is 180 Å². The summed E-state index contributed by atoms with van der Waals surface area (Å²) in [6.07, 6.45) is 19.6. The summed E-state index contributed by atoms with van der Waals surface area (Å²) in [4.78, 5) is 0. The minimum absolute atomic E-state index is 0.523. The minimum Gasteiger partial charge on any atom is -0.176 e. The molecule has 3 fully saturated rings. The summed E-state index contributed by atoms with van der Waals surface area (Å²) >= 11 is 4.73. The maximum absolute atomic E-state index is 4.73. The topological polar surface area (TPSA) is 0 Å². The van der Waals surface area contributed by atoms with Crippen molar-refractivity contribution in [2.24, 2.45) is 29.1 Å². The molecule has 28 heavy (non-hydrogen) atoms. The highest BCUT2D eigenvalue weighted by Gasteiger charge is 2.50. The first kappa shape index (κ1) is 22.3. The van der Waals surface area contributed by atoms with Gasteiger partial charge in [0.1, 0.15) is 0 Å². The Morgan fingerprint density at radius 1 is 1.11 bits per heavy atom. The van der Waals surface area contributed by atoms with E-state index in [9.17, 15) is 0 Å². The first-order chi connectivity index (χ1) is 13.3. The SMILES string of the molecule is C=C1CCC(S)C/C1=C/C=C1/CCCC2(C)C1CCC2C(C)CCCC(C)C. The molecule has 3 rings (SSSR count). The predicted octanol–water partition coefficient (Wildman–Crippen LogP) is 8.56. The second-order valence-corrected chi connectivity index (χ2v) is 11.6. The van der Waals surface area contributed by atoms with E-state index in [0.29, 0.717) is 10.7 Å². The molecular formula is C27H44S. The molecule has 0 saturated heterocycles. The van der Waals surface area contributed by atoms with Gasteiger partial charge in [-0.15, -0.1) is 0 Å². The van der Waals surface area contributed by atoms with E-state index in [2.05, 4.69) is 46.4 Å². The molecule has 0 aromatic heterocycles. The fourth-order valence-electron chi connectivity index (χ4n) is 6.66. The van der Waals surface area contributed by atoms with Crippen molar-refractivity contribution >= 4 is 12.6 Å². The summed E-state index contributed by atoms with van der Waals surface area (Å²) in [6, 6.07) is 0. The van der Waals surface area contributed by atoms with Gasteiger partial charge in [0.2, 0.25) is 0 Å². The lowest BCUT2D eigenvalue weighted by molar-refractivity contribution is 0.0929. The van der Waals surface area contributed by atoms with Crippen molar-refractivity contribution in [1.82, 2.24) is 0 Å². The van der Waals surface area contributed by atoms with Gasteiger partial charge in [-0.25, -0.2) is 0 Å². The van der Waals surface area contributed by atoms with Gasteiger partial charge < -0.3 is 0 Å². The van der Waals surface area contributed by atoms with E-state index in [1.165, 1.54) is 68.9 Å². The molecule has 0 radical (unpaired) electrons. The van der Waals surface area contributed by atoms with E-state index < -0.39 is 0 Å². The highest BCUT2D eigenvalue weighted by Crippen LogP contribution is 2.59. The Hall–Kier alpha value is -0.430. The first-order valence-electron chi connectivity index (χ1n) is 12.1. The molecule has 3 aliphatic rings. The summed E-state index contributed by atoms with van der Waals surface area (Å²) in [7, 11) is 0. The van der Waals surface area contributed by atoms with Crippen molar-refractivity contribution in [3.05, 3.63) is 35.5 Å². The van der Waals surface area contributed by atoms with Gasteiger partial charge in [0.25, 0.3) is 0 Å². The standard InChI is InChI=1S/C27H44S/c1-19(2)8-6-9-21(4)25-15-16-26-22(10-7-17-27(25,26)5)12-13-23-18-24(28)14-11-20(23)3/h12-13,19,21,24-26,28H,3,6-11,14-18H2,1-2,4-5H3/b22-12-,23-13-. The molecule has 3 aliphatic carbocycles. The Kier molecular flexibility index (Phi) is 7.62. The molecule has 1 heteroatoms. The molecule has 0 spiro atoms. The van der Waals surface area contributed by atoms with Crippen molar-refractivity contribution in [3.8, 4) is 0 Å². The van der Waals surface area contributed by atoms with Crippen molar-refractivity contribution < 1.29 is 0 Å². The molecule has 0 N–H and O–H groups in total. The molecule has 0 bridgehead atoms. The molecule has 0 aromatic rings. The fourth-order valence-corrected chi connectivity index (χ4v) is 6.98. The number of rotatable bonds is 6. The number of fused-ring (bicyclic) bond motifs is 1. The van der Waals surface area contributed by atoms with Gasteiger partial charge >= 0.3 is 0 Å². The normalized spacial score (nSPS) is 37.6. The predicted molar refractivity (Wildman–Crippen MR) is 128 cm³/mol. The van der Waals surface area contributed by atoms with E-state index in [4.69, 9.17) is 12.6 Å². The summed E-state index contributed by atoms with van der Waals surface area (Å²) in [6.45, 7) is 14.2. The summed E-state index contributed by atoms with van der Waals surface area (Å²) in [5.74, 6) is 3.48. The highest BCUT2D eigenvalue weighted by atomic mass is 32.1. The van der Waals surface area contributed by atoms with Gasteiger partial charge in [-0.1, -0.05) is 76.8 Å². The third-order valence-corrected chi connectivity index (χ3v) is 8.79. The zero-order valence-electron chi connectivity index (χ0n) is 19.0. The van der Waals surface area contributed by atoms with Crippen LogP contribution in [0, 0.1) is 29.1 Å². The largest absolute Gasteiger partial charge is 0.176 e. The summed E-state index contributed by atoms with van der Waals surface area (Å²) in [5, 5.41) is 0.523. The monoisotopic (exact) mass is 400 g/mol. The van der Waals surface area contributed by atoms with Crippen LogP contribution in [0.5, 0.6) is 0 Å². The fraction of sp³-hybridized carbons (Fsp3) is 0.778. The molecule has 5 atom stereocenters. The molecule has 0 aliphatic heterocycles. The number of thiol groups is 1. The van der Waals surface area contributed by atoms with Crippen molar-refractivity contribution in [1.29, 1.82) is 0 Å². The van der Waals surface area contributed by atoms with Gasteiger partial charge in [-0.3, -0.25) is 0 Å². The number of hydrogen-bond donors (Lipinski definition) is 1. The van der Waals surface area contributed by atoms with E-state index in [1.807, 2.05) is 0 Å². The van der Waals surface area contributed by atoms with Crippen LogP contribution in [0.15, 0.2) is 35.5 Å². The third kappa shape index (κ3) is 5.00. The van der Waals surface area contributed by atoms with E-state index >= 15 is 0 Å². The zero-order valence-corrected chi connectivity index (χ0v) is 19.9. The highest BCUT2D eigenvalue weighted by molar-refractivity contribution is 7.80. The lowest BCUT2D eigenvalue weighted by Crippen LogP contribution is -2.36. The molecule has 0 heterocycles. The molecule has 0 aromatic carbocycles. The number of hydrogen-bond acceptors (Lipinski definition) is 1. The molecule has 5 unspecified atom stereocenters. The van der Waals surface area contributed by atoms with Crippen LogP contribution in [-0.2, 0) is 0 Å². The van der Waals surface area contributed by atoms with E-state index in [-0.39, 0.29) is 0 Å². The maximum atomic E-state index is 4.73. The van der Waals surface area contributed by atoms with Crippen LogP contribution in [-0.4, -0.2) is 5.25 Å². The van der Waals surface area contributed by atoms with E-state index in [0.717, 1.165) is 36.5 Å². The van der Waals surface area contributed by atoms with Gasteiger partial charge in [-0.2, -0.15) is 12.6 Å². The Morgan fingerprint density at radius 3 is 2.64 bits per heavy atom. The van der Waals surface area contributed by atoms with Crippen LogP contribution in [0.2, 0.25) is 0 Å². The van der Waals surface area contributed by atoms with Crippen LogP contribution in [0.1, 0.15) is 98.3 Å². The summed E-state index contributed by atoms with van der Waals surface area (Å²) < 4.78 is 0.